The average Bonchev–Trinajstić information content (AvgIpc) is 2.85. The highest BCUT2D eigenvalue weighted by molar-refractivity contribution is 7.89. The van der Waals surface area contributed by atoms with Crippen LogP contribution in [0.15, 0.2) is 53.4 Å². The van der Waals surface area contributed by atoms with E-state index in [-0.39, 0.29) is 30.2 Å². The highest BCUT2D eigenvalue weighted by Crippen LogP contribution is 2.28. The number of amides is 2. The number of rotatable bonds is 11. The van der Waals surface area contributed by atoms with Gasteiger partial charge in [-0.25, -0.2) is 18.7 Å². The first-order chi connectivity index (χ1) is 16.6. The van der Waals surface area contributed by atoms with Gasteiger partial charge in [-0.1, -0.05) is 18.1 Å². The van der Waals surface area contributed by atoms with Gasteiger partial charge < -0.3 is 19.5 Å². The van der Waals surface area contributed by atoms with Crippen LogP contribution in [0.1, 0.15) is 18.5 Å². The molecule has 0 aliphatic carbocycles. The maximum absolute atomic E-state index is 13.2. The number of carboxylic acid groups (broad SMARTS) is 1. The van der Waals surface area contributed by atoms with Crippen molar-refractivity contribution in [3.63, 3.8) is 0 Å². The molecule has 0 heterocycles. The zero-order valence-electron chi connectivity index (χ0n) is 19.5. The van der Waals surface area contributed by atoms with Crippen LogP contribution in [0.25, 0.3) is 0 Å². The van der Waals surface area contributed by atoms with E-state index in [0.717, 1.165) is 9.21 Å². The molecule has 0 saturated heterocycles. The molecule has 1 unspecified atom stereocenters. The molecule has 0 fully saturated rings. The van der Waals surface area contributed by atoms with Gasteiger partial charge in [0, 0.05) is 14.1 Å². The molecule has 0 bridgehead atoms. The van der Waals surface area contributed by atoms with Gasteiger partial charge in [-0.3, -0.25) is 10.0 Å². The van der Waals surface area contributed by atoms with Gasteiger partial charge in [0.15, 0.2) is 0 Å². The molecule has 188 valence electrons. The zero-order chi connectivity index (χ0) is 26.0. The number of carbonyl (C=O) groups excluding carboxylic acids is 1. The number of ether oxygens (including phenoxy) is 2. The van der Waals surface area contributed by atoms with Crippen LogP contribution in [-0.4, -0.2) is 73.8 Å². The molecule has 2 amide bonds. The first-order valence-electron chi connectivity index (χ1n) is 10.3. The summed E-state index contributed by atoms with van der Waals surface area (Å²) in [6, 6.07) is 10.3. The number of hydrogen-bond acceptors (Lipinski definition) is 7. The van der Waals surface area contributed by atoms with Crippen molar-refractivity contribution in [2.24, 2.45) is 0 Å². The Morgan fingerprint density at radius 3 is 2.14 bits per heavy atom. The molecular formula is C23H27N3O8S. The molecule has 0 spiro atoms. The van der Waals surface area contributed by atoms with Crippen molar-refractivity contribution < 1.29 is 37.8 Å². The van der Waals surface area contributed by atoms with Crippen molar-refractivity contribution in [1.82, 2.24) is 14.7 Å². The Balaban J connectivity index is 2.20. The number of sulfonamides is 1. The Morgan fingerprint density at radius 1 is 1.03 bits per heavy atom. The van der Waals surface area contributed by atoms with Crippen LogP contribution in [0.2, 0.25) is 0 Å². The summed E-state index contributed by atoms with van der Waals surface area (Å²) < 4.78 is 38.1. The minimum Gasteiger partial charge on any atom is -0.492 e. The fourth-order valence-electron chi connectivity index (χ4n) is 2.93. The molecule has 0 aliphatic rings. The smallest absolute Gasteiger partial charge is 0.407 e. The lowest BCUT2D eigenvalue weighted by atomic mass is 10.1. The second-order valence-corrected chi connectivity index (χ2v) is 9.21. The lowest BCUT2D eigenvalue weighted by molar-refractivity contribution is -0.133. The molecule has 35 heavy (non-hydrogen) atoms. The molecule has 0 saturated carbocycles. The first-order valence-corrected chi connectivity index (χ1v) is 11.8. The summed E-state index contributed by atoms with van der Waals surface area (Å²) in [5.74, 6) is 5.30. The molecule has 0 radical (unpaired) electrons. The number of hydrogen-bond donors (Lipinski definition) is 3. The second kappa shape index (κ2) is 12.6. The number of nitrogens with zero attached hydrogens (tertiary/aromatic N) is 2. The van der Waals surface area contributed by atoms with Crippen molar-refractivity contribution in [2.45, 2.75) is 17.9 Å². The van der Waals surface area contributed by atoms with Crippen LogP contribution in [0.3, 0.4) is 0 Å². The Kier molecular flexibility index (Phi) is 9.89. The summed E-state index contributed by atoms with van der Waals surface area (Å²) in [4.78, 5) is 24.2. The summed E-state index contributed by atoms with van der Waals surface area (Å²) in [5, 5.41) is 18.1. The van der Waals surface area contributed by atoms with E-state index in [1.54, 1.807) is 6.92 Å². The number of likely N-dealkylation sites (N-methyl/N-ethyl adjacent to an activating group) is 2. The number of carbonyl (C=O) groups is 2. The Bertz CT molecular complexity index is 1170. The molecule has 1 atom stereocenters. The molecule has 12 heteroatoms. The Labute approximate surface area is 203 Å². The van der Waals surface area contributed by atoms with E-state index < -0.39 is 28.1 Å². The molecule has 11 nitrogen and oxygen atoms in total. The predicted octanol–water partition coefficient (Wildman–Crippen LogP) is 1.94. The van der Waals surface area contributed by atoms with Crippen LogP contribution in [0, 0.1) is 11.8 Å². The SMILES string of the molecule is CC#CCOc1ccc(S(=O)(=O)N(C)C(C(=O)NO)c2ccc(OCCN(C)C(=O)O)cc2)cc1. The average molecular weight is 506 g/mol. The quantitative estimate of drug-likeness (QED) is 0.239. The largest absolute Gasteiger partial charge is 0.492 e. The number of hydroxylamine groups is 1. The van der Waals surface area contributed by atoms with E-state index in [2.05, 4.69) is 11.8 Å². The van der Waals surface area contributed by atoms with Crippen LogP contribution in [0.5, 0.6) is 11.5 Å². The van der Waals surface area contributed by atoms with Crippen LogP contribution in [0.4, 0.5) is 4.79 Å². The van der Waals surface area contributed by atoms with Crippen molar-refractivity contribution in [2.75, 3.05) is 33.9 Å². The van der Waals surface area contributed by atoms with E-state index in [0.29, 0.717) is 11.5 Å². The van der Waals surface area contributed by atoms with Crippen molar-refractivity contribution in [1.29, 1.82) is 0 Å². The van der Waals surface area contributed by atoms with Crippen LogP contribution < -0.4 is 15.0 Å². The van der Waals surface area contributed by atoms with Gasteiger partial charge in [-0.15, -0.1) is 5.92 Å². The molecular weight excluding hydrogens is 478 g/mol. The third-order valence-electron chi connectivity index (χ3n) is 4.93. The molecule has 2 aromatic carbocycles. The summed E-state index contributed by atoms with van der Waals surface area (Å²) in [6.07, 6.45) is -1.08. The predicted molar refractivity (Wildman–Crippen MR) is 126 cm³/mol. The molecule has 0 aliphatic heterocycles. The number of nitrogens with one attached hydrogen (secondary N) is 1. The third kappa shape index (κ3) is 7.35. The topological polar surface area (TPSA) is 146 Å². The van der Waals surface area contributed by atoms with Gasteiger partial charge >= 0.3 is 6.09 Å². The van der Waals surface area contributed by atoms with Crippen molar-refractivity contribution >= 4 is 22.0 Å². The van der Waals surface area contributed by atoms with E-state index >= 15 is 0 Å². The van der Waals surface area contributed by atoms with Crippen molar-refractivity contribution in [3.05, 3.63) is 54.1 Å². The van der Waals surface area contributed by atoms with Gasteiger partial charge in [0.05, 0.1) is 11.4 Å². The second-order valence-electron chi connectivity index (χ2n) is 7.21. The van der Waals surface area contributed by atoms with Crippen LogP contribution >= 0.6 is 0 Å². The van der Waals surface area contributed by atoms with Crippen LogP contribution in [-0.2, 0) is 14.8 Å². The summed E-state index contributed by atoms with van der Waals surface area (Å²) in [5.41, 5.74) is 1.78. The summed E-state index contributed by atoms with van der Waals surface area (Å²) in [6.45, 7) is 2.08. The summed E-state index contributed by atoms with van der Waals surface area (Å²) in [7, 11) is -1.51. The monoisotopic (exact) mass is 505 g/mol. The van der Waals surface area contributed by atoms with Gasteiger partial charge in [-0.05, 0) is 48.9 Å². The minimum absolute atomic E-state index is 0.0767. The minimum atomic E-state index is -4.14. The Morgan fingerprint density at radius 2 is 1.60 bits per heavy atom. The molecule has 0 aromatic heterocycles. The molecule has 2 aromatic rings. The van der Waals surface area contributed by atoms with Crippen molar-refractivity contribution in [3.8, 4) is 23.3 Å². The molecule has 2 rings (SSSR count). The highest BCUT2D eigenvalue weighted by atomic mass is 32.2. The first kappa shape index (κ1) is 27.5. The number of benzene rings is 2. The lowest BCUT2D eigenvalue weighted by Gasteiger charge is -2.26. The highest BCUT2D eigenvalue weighted by Gasteiger charge is 2.34. The van der Waals surface area contributed by atoms with Gasteiger partial charge in [-0.2, -0.15) is 4.31 Å². The summed E-state index contributed by atoms with van der Waals surface area (Å²) >= 11 is 0. The third-order valence-corrected chi connectivity index (χ3v) is 6.77. The zero-order valence-corrected chi connectivity index (χ0v) is 20.3. The van der Waals surface area contributed by atoms with E-state index in [4.69, 9.17) is 14.6 Å². The Hall–Kier alpha value is -3.79. The van der Waals surface area contributed by atoms with Gasteiger partial charge in [0.2, 0.25) is 10.0 Å². The maximum Gasteiger partial charge on any atom is 0.407 e. The lowest BCUT2D eigenvalue weighted by Crippen LogP contribution is -2.40. The fraction of sp³-hybridized carbons (Fsp3) is 0.304. The molecule has 3 N–H and O–H groups in total. The van der Waals surface area contributed by atoms with Gasteiger partial charge in [0.25, 0.3) is 5.91 Å². The van der Waals surface area contributed by atoms with E-state index in [1.807, 2.05) is 0 Å². The van der Waals surface area contributed by atoms with E-state index in [1.165, 1.54) is 68.1 Å². The normalized spacial score (nSPS) is 11.7. The fourth-order valence-corrected chi connectivity index (χ4v) is 4.24. The maximum atomic E-state index is 13.2. The van der Waals surface area contributed by atoms with Gasteiger partial charge in [0.1, 0.15) is 30.8 Å². The van der Waals surface area contributed by atoms with E-state index in [9.17, 15) is 23.2 Å². The standard InChI is InChI=1S/C23H27N3O8S/c1-4-5-15-33-19-10-12-20(13-11-19)35(31,32)26(3)21(22(27)24-30)17-6-8-18(9-7-17)34-16-14-25(2)23(28)29/h6-13,21,30H,14-16H2,1-3H3,(H,24,27)(H,28,29).